The molecular formula is C17H22N2O. The molecule has 1 amide bonds. The van der Waals surface area contributed by atoms with E-state index in [2.05, 4.69) is 22.3 Å². The van der Waals surface area contributed by atoms with Crippen molar-refractivity contribution >= 4 is 5.91 Å². The van der Waals surface area contributed by atoms with Crippen LogP contribution in [0, 0.1) is 5.92 Å². The number of carbonyl (C=O) groups is 1. The van der Waals surface area contributed by atoms with Gasteiger partial charge in [-0.15, -0.1) is 0 Å². The van der Waals surface area contributed by atoms with E-state index < -0.39 is 0 Å². The van der Waals surface area contributed by atoms with Crippen LogP contribution in [-0.4, -0.2) is 37.0 Å². The number of hydrogen-bond donors (Lipinski definition) is 1. The third kappa shape index (κ3) is 1.96. The molecule has 1 aliphatic carbocycles. The molecule has 3 nitrogen and oxygen atoms in total. The van der Waals surface area contributed by atoms with Crippen molar-refractivity contribution in [3.05, 3.63) is 35.4 Å². The molecule has 1 saturated carbocycles. The molecule has 0 aromatic heterocycles. The topological polar surface area (TPSA) is 32.3 Å². The van der Waals surface area contributed by atoms with E-state index in [1.54, 1.807) is 0 Å². The minimum absolute atomic E-state index is 0.199. The van der Waals surface area contributed by atoms with Crippen molar-refractivity contribution in [2.45, 2.75) is 31.1 Å². The zero-order chi connectivity index (χ0) is 13.6. The van der Waals surface area contributed by atoms with Crippen molar-refractivity contribution < 1.29 is 4.79 Å². The van der Waals surface area contributed by atoms with Crippen LogP contribution in [0.3, 0.4) is 0 Å². The molecule has 0 atom stereocenters. The number of rotatable bonds is 2. The van der Waals surface area contributed by atoms with E-state index >= 15 is 0 Å². The Kier molecular flexibility index (Phi) is 2.84. The maximum Gasteiger partial charge on any atom is 0.254 e. The van der Waals surface area contributed by atoms with E-state index in [-0.39, 0.29) is 11.3 Å². The Morgan fingerprint density at radius 3 is 2.70 bits per heavy atom. The standard InChI is InChI=1S/C17H22N2O/c20-16-14-3-1-2-4-15(14)17(7-9-18-10-8-17)12-19(16)11-13-5-6-13/h1-4,13,18H,5-12H2. The van der Waals surface area contributed by atoms with Gasteiger partial charge in [-0.2, -0.15) is 0 Å². The second-order valence-corrected chi connectivity index (χ2v) is 6.70. The fourth-order valence-electron chi connectivity index (χ4n) is 3.92. The van der Waals surface area contributed by atoms with E-state index in [0.717, 1.165) is 50.5 Å². The summed E-state index contributed by atoms with van der Waals surface area (Å²) in [5, 5.41) is 3.46. The Morgan fingerprint density at radius 2 is 1.95 bits per heavy atom. The molecule has 2 fully saturated rings. The SMILES string of the molecule is O=C1c2ccccc2C2(CCNCC2)CN1CC1CC1. The summed E-state index contributed by atoms with van der Waals surface area (Å²) in [5.74, 6) is 1.03. The molecule has 0 unspecified atom stereocenters. The Morgan fingerprint density at radius 1 is 1.20 bits per heavy atom. The molecule has 1 aromatic rings. The van der Waals surface area contributed by atoms with Gasteiger partial charge in [-0.25, -0.2) is 0 Å². The summed E-state index contributed by atoms with van der Waals surface area (Å²) in [6.07, 6.45) is 4.91. The average molecular weight is 270 g/mol. The van der Waals surface area contributed by atoms with Crippen LogP contribution >= 0.6 is 0 Å². The molecule has 1 N–H and O–H groups in total. The van der Waals surface area contributed by atoms with Gasteiger partial charge in [0.2, 0.25) is 0 Å². The van der Waals surface area contributed by atoms with Crippen molar-refractivity contribution in [2.75, 3.05) is 26.2 Å². The van der Waals surface area contributed by atoms with Crippen LogP contribution in [0.4, 0.5) is 0 Å². The van der Waals surface area contributed by atoms with Gasteiger partial charge < -0.3 is 10.2 Å². The highest BCUT2D eigenvalue weighted by Gasteiger charge is 2.44. The highest BCUT2D eigenvalue weighted by molar-refractivity contribution is 5.97. The predicted molar refractivity (Wildman–Crippen MR) is 78.9 cm³/mol. The molecule has 3 aliphatic rings. The fraction of sp³-hybridized carbons (Fsp3) is 0.588. The van der Waals surface area contributed by atoms with Gasteiger partial charge in [0.05, 0.1) is 0 Å². The first kappa shape index (κ1) is 12.4. The predicted octanol–water partition coefficient (Wildman–Crippen LogP) is 2.17. The third-order valence-electron chi connectivity index (χ3n) is 5.25. The number of piperidine rings is 1. The lowest BCUT2D eigenvalue weighted by Crippen LogP contribution is -2.54. The van der Waals surface area contributed by atoms with E-state index in [4.69, 9.17) is 0 Å². The number of amides is 1. The maximum atomic E-state index is 12.7. The quantitative estimate of drug-likeness (QED) is 0.893. The second-order valence-electron chi connectivity index (χ2n) is 6.70. The van der Waals surface area contributed by atoms with Crippen LogP contribution in [0.5, 0.6) is 0 Å². The van der Waals surface area contributed by atoms with Crippen LogP contribution in [0.25, 0.3) is 0 Å². The van der Waals surface area contributed by atoms with Gasteiger partial charge in [0.25, 0.3) is 5.91 Å². The molecule has 0 bridgehead atoms. The van der Waals surface area contributed by atoms with Gasteiger partial charge in [-0.3, -0.25) is 4.79 Å². The van der Waals surface area contributed by atoms with E-state index in [9.17, 15) is 4.79 Å². The summed E-state index contributed by atoms with van der Waals surface area (Å²) < 4.78 is 0. The first-order chi connectivity index (χ1) is 9.78. The van der Waals surface area contributed by atoms with E-state index in [1.807, 2.05) is 12.1 Å². The summed E-state index contributed by atoms with van der Waals surface area (Å²) in [7, 11) is 0. The molecule has 106 valence electrons. The first-order valence-corrected chi connectivity index (χ1v) is 7.88. The van der Waals surface area contributed by atoms with E-state index in [0.29, 0.717) is 0 Å². The van der Waals surface area contributed by atoms with Crippen LogP contribution < -0.4 is 5.32 Å². The fourth-order valence-corrected chi connectivity index (χ4v) is 3.92. The average Bonchev–Trinajstić information content (AvgIpc) is 3.30. The van der Waals surface area contributed by atoms with Crippen LogP contribution in [-0.2, 0) is 5.41 Å². The Bertz CT molecular complexity index is 530. The van der Waals surface area contributed by atoms with Crippen LogP contribution in [0.1, 0.15) is 41.6 Å². The summed E-state index contributed by atoms with van der Waals surface area (Å²) in [6, 6.07) is 8.31. The molecule has 20 heavy (non-hydrogen) atoms. The molecule has 3 heteroatoms. The first-order valence-electron chi connectivity index (χ1n) is 7.88. The van der Waals surface area contributed by atoms with Gasteiger partial charge in [0.1, 0.15) is 0 Å². The second kappa shape index (κ2) is 4.59. The smallest absolute Gasteiger partial charge is 0.254 e. The molecule has 2 heterocycles. The van der Waals surface area contributed by atoms with Crippen molar-refractivity contribution in [1.82, 2.24) is 10.2 Å². The van der Waals surface area contributed by atoms with Gasteiger partial charge in [-0.1, -0.05) is 18.2 Å². The van der Waals surface area contributed by atoms with Crippen LogP contribution in [0.2, 0.25) is 0 Å². The lowest BCUT2D eigenvalue weighted by Gasteiger charge is -2.46. The van der Waals surface area contributed by atoms with Crippen molar-refractivity contribution in [3.8, 4) is 0 Å². The van der Waals surface area contributed by atoms with Gasteiger partial charge in [0, 0.05) is 24.1 Å². The minimum atomic E-state index is 0.199. The zero-order valence-electron chi connectivity index (χ0n) is 11.9. The summed E-state index contributed by atoms with van der Waals surface area (Å²) in [5.41, 5.74) is 2.46. The van der Waals surface area contributed by atoms with Gasteiger partial charge >= 0.3 is 0 Å². The molecule has 4 rings (SSSR count). The van der Waals surface area contributed by atoms with Crippen molar-refractivity contribution in [2.24, 2.45) is 5.92 Å². The molecular weight excluding hydrogens is 248 g/mol. The largest absolute Gasteiger partial charge is 0.337 e. The van der Waals surface area contributed by atoms with Gasteiger partial charge in [-0.05, 0) is 56.3 Å². The number of hydrogen-bond acceptors (Lipinski definition) is 2. The summed E-state index contributed by atoms with van der Waals surface area (Å²) in [6.45, 7) is 4.04. The number of fused-ring (bicyclic) bond motifs is 2. The molecule has 1 aromatic carbocycles. The highest BCUT2D eigenvalue weighted by atomic mass is 16.2. The van der Waals surface area contributed by atoms with Gasteiger partial charge in [0.15, 0.2) is 0 Å². The molecule has 0 radical (unpaired) electrons. The highest BCUT2D eigenvalue weighted by Crippen LogP contribution is 2.41. The number of nitrogens with one attached hydrogen (secondary N) is 1. The lowest BCUT2D eigenvalue weighted by molar-refractivity contribution is 0.0632. The summed E-state index contributed by atoms with van der Waals surface area (Å²) in [4.78, 5) is 14.9. The monoisotopic (exact) mass is 270 g/mol. The minimum Gasteiger partial charge on any atom is -0.337 e. The maximum absolute atomic E-state index is 12.7. The van der Waals surface area contributed by atoms with Crippen LogP contribution in [0.15, 0.2) is 24.3 Å². The number of carbonyl (C=O) groups excluding carboxylic acids is 1. The number of benzene rings is 1. The van der Waals surface area contributed by atoms with Crippen molar-refractivity contribution in [1.29, 1.82) is 0 Å². The van der Waals surface area contributed by atoms with E-state index in [1.165, 1.54) is 18.4 Å². The normalized spacial score (nSPS) is 24.8. The Labute approximate surface area is 120 Å². The zero-order valence-corrected chi connectivity index (χ0v) is 11.9. The number of nitrogens with zero attached hydrogens (tertiary/aromatic N) is 1. The molecule has 2 aliphatic heterocycles. The Hall–Kier alpha value is -1.35. The Balaban J connectivity index is 1.74. The lowest BCUT2D eigenvalue weighted by atomic mass is 9.69. The molecule has 1 spiro atoms. The molecule has 1 saturated heterocycles. The van der Waals surface area contributed by atoms with Crippen molar-refractivity contribution in [3.63, 3.8) is 0 Å². The third-order valence-corrected chi connectivity index (χ3v) is 5.25. The summed E-state index contributed by atoms with van der Waals surface area (Å²) >= 11 is 0.